The minimum absolute atomic E-state index is 0.0791. The number of ether oxygens (including phenoxy) is 1. The zero-order valence-corrected chi connectivity index (χ0v) is 19.6. The van der Waals surface area contributed by atoms with Crippen LogP contribution in [0.5, 0.6) is 0 Å². The summed E-state index contributed by atoms with van der Waals surface area (Å²) in [5, 5.41) is 1.43. The predicted octanol–water partition coefficient (Wildman–Crippen LogP) is 4.86. The number of nitrogens with zero attached hydrogens (tertiary/aromatic N) is 3. The van der Waals surface area contributed by atoms with Gasteiger partial charge in [-0.2, -0.15) is 0 Å². The van der Waals surface area contributed by atoms with E-state index in [1.807, 2.05) is 29.2 Å². The highest BCUT2D eigenvalue weighted by atomic mass is 35.5. The lowest BCUT2D eigenvalue weighted by molar-refractivity contribution is -0.118. The Balaban J connectivity index is 1.52. The van der Waals surface area contributed by atoms with Gasteiger partial charge in [-0.3, -0.25) is 14.6 Å². The number of halogens is 1. The van der Waals surface area contributed by atoms with E-state index in [1.54, 1.807) is 0 Å². The second-order valence-electron chi connectivity index (χ2n) is 8.06. The molecule has 0 aliphatic carbocycles. The minimum atomic E-state index is 0.0791. The van der Waals surface area contributed by atoms with E-state index in [0.717, 1.165) is 60.2 Å². The Morgan fingerprint density at radius 1 is 1.16 bits per heavy atom. The molecule has 5 nitrogen and oxygen atoms in total. The van der Waals surface area contributed by atoms with Crippen molar-refractivity contribution in [3.63, 3.8) is 0 Å². The summed E-state index contributed by atoms with van der Waals surface area (Å²) in [5.41, 5.74) is 4.36. The summed E-state index contributed by atoms with van der Waals surface area (Å²) < 4.78 is 6.44. The number of hydrogen-bond acceptors (Lipinski definition) is 5. The van der Waals surface area contributed by atoms with Crippen LogP contribution < -0.4 is 4.90 Å². The minimum Gasteiger partial charge on any atom is -0.379 e. The standard InChI is InChI=1S/C24H28ClN3O2S/c1-17-4-5-19(14-18(17)2)15-23(29)28(9-3-8-27-10-12-30-13-11-27)24-26-21-7-6-20(25)16-22(21)31-24/h4-7,14,16H,3,8-13,15H2,1-2H3. The van der Waals surface area contributed by atoms with Crippen molar-refractivity contribution in [3.05, 3.63) is 58.1 Å². The highest BCUT2D eigenvalue weighted by molar-refractivity contribution is 7.22. The zero-order chi connectivity index (χ0) is 21.8. The smallest absolute Gasteiger partial charge is 0.233 e. The van der Waals surface area contributed by atoms with E-state index < -0.39 is 0 Å². The Hall–Kier alpha value is -1.99. The van der Waals surface area contributed by atoms with Gasteiger partial charge < -0.3 is 4.74 Å². The topological polar surface area (TPSA) is 45.7 Å². The largest absolute Gasteiger partial charge is 0.379 e. The van der Waals surface area contributed by atoms with Crippen LogP contribution in [-0.2, 0) is 16.0 Å². The summed E-state index contributed by atoms with van der Waals surface area (Å²) in [5.74, 6) is 0.0791. The third-order valence-electron chi connectivity index (χ3n) is 5.76. The quantitative estimate of drug-likeness (QED) is 0.508. The molecule has 0 N–H and O–H groups in total. The van der Waals surface area contributed by atoms with Crippen LogP contribution in [0.1, 0.15) is 23.1 Å². The summed E-state index contributed by atoms with van der Waals surface area (Å²) in [7, 11) is 0. The number of fused-ring (bicyclic) bond motifs is 1. The summed E-state index contributed by atoms with van der Waals surface area (Å²) >= 11 is 7.68. The molecule has 4 rings (SSSR count). The van der Waals surface area contributed by atoms with E-state index in [0.29, 0.717) is 18.0 Å². The third-order valence-corrected chi connectivity index (χ3v) is 7.03. The normalized spacial score (nSPS) is 14.8. The van der Waals surface area contributed by atoms with E-state index in [-0.39, 0.29) is 5.91 Å². The molecule has 0 radical (unpaired) electrons. The second kappa shape index (κ2) is 10.1. The van der Waals surface area contributed by atoms with Crippen LogP contribution in [-0.4, -0.2) is 55.2 Å². The fraction of sp³-hybridized carbons (Fsp3) is 0.417. The number of aryl methyl sites for hydroxylation is 2. The molecule has 0 bridgehead atoms. The van der Waals surface area contributed by atoms with Gasteiger partial charge in [-0.15, -0.1) is 0 Å². The van der Waals surface area contributed by atoms with E-state index in [4.69, 9.17) is 21.3 Å². The summed E-state index contributed by atoms with van der Waals surface area (Å²) in [6.07, 6.45) is 1.27. The molecule has 1 fully saturated rings. The number of aromatic nitrogens is 1. The molecule has 1 aliphatic heterocycles. The van der Waals surface area contributed by atoms with Crippen molar-refractivity contribution >= 4 is 44.2 Å². The van der Waals surface area contributed by atoms with E-state index in [1.165, 1.54) is 22.5 Å². The number of benzene rings is 2. The Morgan fingerprint density at radius 2 is 1.97 bits per heavy atom. The third kappa shape index (κ3) is 5.63. The van der Waals surface area contributed by atoms with Gasteiger partial charge in [0.1, 0.15) is 0 Å². The zero-order valence-electron chi connectivity index (χ0n) is 18.1. The monoisotopic (exact) mass is 457 g/mol. The number of carbonyl (C=O) groups is 1. The van der Waals surface area contributed by atoms with Crippen molar-refractivity contribution in [1.82, 2.24) is 9.88 Å². The Labute approximate surface area is 192 Å². The number of hydrogen-bond donors (Lipinski definition) is 0. The Kier molecular flexibility index (Phi) is 7.23. The number of thiazole rings is 1. The fourth-order valence-corrected chi connectivity index (χ4v) is 5.07. The van der Waals surface area contributed by atoms with Crippen LogP contribution in [0.2, 0.25) is 5.02 Å². The Morgan fingerprint density at radius 3 is 2.74 bits per heavy atom. The fourth-order valence-electron chi connectivity index (χ4n) is 3.79. The first-order valence-corrected chi connectivity index (χ1v) is 11.9. The summed E-state index contributed by atoms with van der Waals surface area (Å²) in [4.78, 5) is 22.4. The van der Waals surface area contributed by atoms with E-state index in [2.05, 4.69) is 30.9 Å². The van der Waals surface area contributed by atoms with Gasteiger partial charge in [0, 0.05) is 31.2 Å². The first kappa shape index (κ1) is 22.2. The molecule has 0 unspecified atom stereocenters. The maximum absolute atomic E-state index is 13.4. The lowest BCUT2D eigenvalue weighted by Gasteiger charge is -2.27. The SMILES string of the molecule is Cc1ccc(CC(=O)N(CCCN2CCOCC2)c2nc3ccc(Cl)cc3s2)cc1C. The maximum atomic E-state index is 13.4. The lowest BCUT2D eigenvalue weighted by Crippen LogP contribution is -2.39. The van der Waals surface area contributed by atoms with Crippen LogP contribution in [0.4, 0.5) is 5.13 Å². The Bertz CT molecular complexity index is 1060. The van der Waals surface area contributed by atoms with Crippen LogP contribution >= 0.6 is 22.9 Å². The predicted molar refractivity (Wildman–Crippen MR) is 128 cm³/mol. The molecule has 3 aromatic rings. The summed E-state index contributed by atoms with van der Waals surface area (Å²) in [6.45, 7) is 9.25. The highest BCUT2D eigenvalue weighted by Crippen LogP contribution is 2.31. The van der Waals surface area contributed by atoms with Crippen molar-refractivity contribution in [1.29, 1.82) is 0 Å². The molecule has 1 amide bonds. The van der Waals surface area contributed by atoms with Gasteiger partial charge in [0.15, 0.2) is 5.13 Å². The van der Waals surface area contributed by atoms with Gasteiger partial charge >= 0.3 is 0 Å². The number of rotatable bonds is 7. The average molecular weight is 458 g/mol. The second-order valence-corrected chi connectivity index (χ2v) is 9.50. The van der Waals surface area contributed by atoms with Gasteiger partial charge in [0.2, 0.25) is 5.91 Å². The van der Waals surface area contributed by atoms with Crippen LogP contribution in [0.25, 0.3) is 10.2 Å². The van der Waals surface area contributed by atoms with Crippen molar-refractivity contribution in [2.24, 2.45) is 0 Å². The van der Waals surface area contributed by atoms with Gasteiger partial charge in [-0.1, -0.05) is 41.1 Å². The van der Waals surface area contributed by atoms with Crippen molar-refractivity contribution in [3.8, 4) is 0 Å². The number of amides is 1. The van der Waals surface area contributed by atoms with Crippen molar-refractivity contribution in [2.45, 2.75) is 26.7 Å². The number of carbonyl (C=O) groups excluding carboxylic acids is 1. The van der Waals surface area contributed by atoms with Gasteiger partial charge in [0.25, 0.3) is 0 Å². The molecule has 0 atom stereocenters. The summed E-state index contributed by atoms with van der Waals surface area (Å²) in [6, 6.07) is 11.9. The molecule has 2 aromatic carbocycles. The molecule has 31 heavy (non-hydrogen) atoms. The lowest BCUT2D eigenvalue weighted by atomic mass is 10.0. The molecule has 0 saturated carbocycles. The maximum Gasteiger partial charge on any atom is 0.233 e. The molecule has 1 aromatic heterocycles. The molecular formula is C24H28ClN3O2S. The molecule has 164 valence electrons. The van der Waals surface area contributed by atoms with E-state index in [9.17, 15) is 4.79 Å². The van der Waals surface area contributed by atoms with Gasteiger partial charge in [-0.05, 0) is 55.2 Å². The first-order chi connectivity index (χ1) is 15.0. The highest BCUT2D eigenvalue weighted by Gasteiger charge is 2.21. The van der Waals surface area contributed by atoms with Crippen LogP contribution in [0, 0.1) is 13.8 Å². The molecule has 2 heterocycles. The number of anilines is 1. The molecule has 0 spiro atoms. The van der Waals surface area contributed by atoms with Crippen LogP contribution in [0.3, 0.4) is 0 Å². The average Bonchev–Trinajstić information content (AvgIpc) is 3.17. The van der Waals surface area contributed by atoms with E-state index >= 15 is 0 Å². The van der Waals surface area contributed by atoms with Crippen molar-refractivity contribution in [2.75, 3.05) is 44.3 Å². The van der Waals surface area contributed by atoms with Crippen LogP contribution in [0.15, 0.2) is 36.4 Å². The molecule has 1 saturated heterocycles. The molecule has 7 heteroatoms. The molecular weight excluding hydrogens is 430 g/mol. The van der Waals surface area contributed by atoms with Gasteiger partial charge in [0.05, 0.1) is 29.9 Å². The first-order valence-electron chi connectivity index (χ1n) is 10.7. The number of morpholine rings is 1. The molecule has 1 aliphatic rings. The van der Waals surface area contributed by atoms with Crippen molar-refractivity contribution < 1.29 is 9.53 Å². The van der Waals surface area contributed by atoms with Gasteiger partial charge in [-0.25, -0.2) is 4.98 Å².